The Kier molecular flexibility index (Phi) is 4.52. The normalized spacial score (nSPS) is 14.5. The van der Waals surface area contributed by atoms with Crippen molar-refractivity contribution in [2.75, 3.05) is 7.11 Å². The van der Waals surface area contributed by atoms with Crippen LogP contribution in [0.2, 0.25) is 0 Å². The molecule has 2 aromatic carbocycles. The SMILES string of the molecule is COc1ccc(-c2nc(-c3cccc(C=O)c3)nn2C2CCCC2)cc1. The van der Waals surface area contributed by atoms with Gasteiger partial charge in [-0.1, -0.05) is 31.0 Å². The van der Waals surface area contributed by atoms with Gasteiger partial charge in [0.25, 0.3) is 0 Å². The molecule has 1 aliphatic rings. The zero-order valence-electron chi connectivity index (χ0n) is 14.8. The third kappa shape index (κ3) is 3.12. The van der Waals surface area contributed by atoms with E-state index in [1.54, 1.807) is 13.2 Å². The number of rotatable bonds is 5. The molecule has 3 aromatic rings. The molecule has 0 unspecified atom stereocenters. The lowest BCUT2D eigenvalue weighted by atomic mass is 10.1. The number of aldehydes is 1. The minimum atomic E-state index is 0.377. The van der Waals surface area contributed by atoms with E-state index in [0.717, 1.165) is 41.8 Å². The second-order valence-corrected chi connectivity index (χ2v) is 6.61. The first-order chi connectivity index (χ1) is 12.8. The van der Waals surface area contributed by atoms with Crippen molar-refractivity contribution < 1.29 is 9.53 Å². The first-order valence-electron chi connectivity index (χ1n) is 8.95. The average Bonchev–Trinajstić information content (AvgIpc) is 3.38. The molecule has 26 heavy (non-hydrogen) atoms. The minimum Gasteiger partial charge on any atom is -0.497 e. The van der Waals surface area contributed by atoms with E-state index in [2.05, 4.69) is 4.68 Å². The van der Waals surface area contributed by atoms with Crippen LogP contribution in [0.15, 0.2) is 48.5 Å². The van der Waals surface area contributed by atoms with E-state index >= 15 is 0 Å². The van der Waals surface area contributed by atoms with Crippen molar-refractivity contribution in [3.05, 3.63) is 54.1 Å². The van der Waals surface area contributed by atoms with E-state index in [1.165, 1.54) is 12.8 Å². The van der Waals surface area contributed by atoms with Gasteiger partial charge in [0, 0.05) is 16.7 Å². The van der Waals surface area contributed by atoms with Gasteiger partial charge in [0.05, 0.1) is 13.2 Å². The summed E-state index contributed by atoms with van der Waals surface area (Å²) in [6, 6.07) is 15.7. The molecule has 0 spiro atoms. The largest absolute Gasteiger partial charge is 0.497 e. The van der Waals surface area contributed by atoms with Crippen LogP contribution in [-0.2, 0) is 0 Å². The molecule has 132 valence electrons. The molecular formula is C21H21N3O2. The highest BCUT2D eigenvalue weighted by atomic mass is 16.5. The molecule has 1 aliphatic carbocycles. The lowest BCUT2D eigenvalue weighted by molar-refractivity contribution is 0.112. The fourth-order valence-electron chi connectivity index (χ4n) is 3.54. The maximum Gasteiger partial charge on any atom is 0.181 e. The van der Waals surface area contributed by atoms with Gasteiger partial charge in [-0.2, -0.15) is 5.10 Å². The first-order valence-corrected chi connectivity index (χ1v) is 8.95. The summed E-state index contributed by atoms with van der Waals surface area (Å²) in [5.74, 6) is 2.34. The van der Waals surface area contributed by atoms with Gasteiger partial charge >= 0.3 is 0 Å². The van der Waals surface area contributed by atoms with Crippen LogP contribution in [0.5, 0.6) is 5.75 Å². The first kappa shape index (κ1) is 16.5. The van der Waals surface area contributed by atoms with Gasteiger partial charge in [-0.05, 0) is 43.2 Å². The molecule has 4 rings (SSSR count). The Bertz CT molecular complexity index is 909. The van der Waals surface area contributed by atoms with Crippen molar-refractivity contribution in [2.24, 2.45) is 0 Å². The molecule has 0 bridgehead atoms. The Balaban J connectivity index is 1.80. The highest BCUT2D eigenvalue weighted by Gasteiger charge is 2.23. The molecule has 0 amide bonds. The molecule has 0 N–H and O–H groups in total. The number of methoxy groups -OCH3 is 1. The fourth-order valence-corrected chi connectivity index (χ4v) is 3.54. The van der Waals surface area contributed by atoms with Crippen molar-refractivity contribution in [3.63, 3.8) is 0 Å². The second kappa shape index (κ2) is 7.12. The van der Waals surface area contributed by atoms with Crippen LogP contribution in [0.4, 0.5) is 0 Å². The minimum absolute atomic E-state index is 0.377. The maximum absolute atomic E-state index is 11.1. The van der Waals surface area contributed by atoms with E-state index in [9.17, 15) is 4.79 Å². The lowest BCUT2D eigenvalue weighted by Crippen LogP contribution is -2.08. The molecule has 1 fully saturated rings. The summed E-state index contributed by atoms with van der Waals surface area (Å²) in [4.78, 5) is 15.9. The number of ether oxygens (including phenoxy) is 1. The Morgan fingerprint density at radius 1 is 1.08 bits per heavy atom. The van der Waals surface area contributed by atoms with Crippen molar-refractivity contribution in [2.45, 2.75) is 31.7 Å². The molecule has 0 atom stereocenters. The lowest BCUT2D eigenvalue weighted by Gasteiger charge is -2.12. The molecular weight excluding hydrogens is 326 g/mol. The van der Waals surface area contributed by atoms with E-state index in [1.807, 2.05) is 42.5 Å². The van der Waals surface area contributed by atoms with E-state index in [0.29, 0.717) is 17.4 Å². The molecule has 5 heteroatoms. The zero-order chi connectivity index (χ0) is 17.9. The van der Waals surface area contributed by atoms with Crippen LogP contribution in [-0.4, -0.2) is 28.2 Å². The monoisotopic (exact) mass is 347 g/mol. The van der Waals surface area contributed by atoms with Crippen molar-refractivity contribution in [3.8, 4) is 28.5 Å². The Labute approximate surface area is 152 Å². The third-order valence-electron chi connectivity index (χ3n) is 4.93. The predicted octanol–water partition coefficient (Wildman–Crippen LogP) is 4.55. The molecule has 0 radical (unpaired) electrons. The highest BCUT2D eigenvalue weighted by molar-refractivity contribution is 5.77. The van der Waals surface area contributed by atoms with Crippen molar-refractivity contribution in [1.82, 2.24) is 14.8 Å². The van der Waals surface area contributed by atoms with Gasteiger partial charge in [0.15, 0.2) is 11.6 Å². The Hall–Kier alpha value is -2.95. The molecule has 1 saturated carbocycles. The smallest absolute Gasteiger partial charge is 0.181 e. The highest BCUT2D eigenvalue weighted by Crippen LogP contribution is 2.34. The number of nitrogens with zero attached hydrogens (tertiary/aromatic N) is 3. The van der Waals surface area contributed by atoms with Crippen LogP contribution in [0.25, 0.3) is 22.8 Å². The van der Waals surface area contributed by atoms with Crippen molar-refractivity contribution >= 4 is 6.29 Å². The average molecular weight is 347 g/mol. The van der Waals surface area contributed by atoms with E-state index in [-0.39, 0.29) is 0 Å². The molecule has 5 nitrogen and oxygen atoms in total. The second-order valence-electron chi connectivity index (χ2n) is 6.61. The number of aromatic nitrogens is 3. The summed E-state index contributed by atoms with van der Waals surface area (Å²) in [5, 5.41) is 4.82. The van der Waals surface area contributed by atoms with Crippen LogP contribution < -0.4 is 4.74 Å². The summed E-state index contributed by atoms with van der Waals surface area (Å²) in [5.41, 5.74) is 2.51. The quantitative estimate of drug-likeness (QED) is 0.636. The summed E-state index contributed by atoms with van der Waals surface area (Å²) in [6.07, 6.45) is 5.55. The number of benzene rings is 2. The van der Waals surface area contributed by atoms with Gasteiger partial charge in [0.1, 0.15) is 12.0 Å². The maximum atomic E-state index is 11.1. The van der Waals surface area contributed by atoms with Crippen LogP contribution in [0.1, 0.15) is 42.1 Å². The summed E-state index contributed by atoms with van der Waals surface area (Å²) in [7, 11) is 1.66. The standard InChI is InChI=1S/C21H21N3O2/c1-26-19-11-9-16(10-12-19)21-22-20(17-6-4-5-15(13-17)14-25)23-24(21)18-7-2-3-8-18/h4-6,9-14,18H,2-3,7-8H2,1H3. The summed E-state index contributed by atoms with van der Waals surface area (Å²) in [6.45, 7) is 0. The summed E-state index contributed by atoms with van der Waals surface area (Å²) >= 11 is 0. The summed E-state index contributed by atoms with van der Waals surface area (Å²) < 4.78 is 7.33. The number of hydrogen-bond donors (Lipinski definition) is 0. The third-order valence-corrected chi connectivity index (χ3v) is 4.93. The van der Waals surface area contributed by atoms with E-state index in [4.69, 9.17) is 14.8 Å². The van der Waals surface area contributed by atoms with Gasteiger partial charge in [0.2, 0.25) is 0 Å². The molecule has 0 saturated heterocycles. The van der Waals surface area contributed by atoms with Gasteiger partial charge in [-0.15, -0.1) is 0 Å². The number of hydrogen-bond acceptors (Lipinski definition) is 4. The number of carbonyl (C=O) groups is 1. The fraction of sp³-hybridized carbons (Fsp3) is 0.286. The van der Waals surface area contributed by atoms with Gasteiger partial charge in [-0.25, -0.2) is 9.67 Å². The van der Waals surface area contributed by atoms with Crippen LogP contribution in [0.3, 0.4) is 0 Å². The topological polar surface area (TPSA) is 57.0 Å². The number of carbonyl (C=O) groups excluding carboxylic acids is 1. The Morgan fingerprint density at radius 3 is 2.54 bits per heavy atom. The van der Waals surface area contributed by atoms with Crippen molar-refractivity contribution in [1.29, 1.82) is 0 Å². The molecule has 1 aromatic heterocycles. The zero-order valence-corrected chi connectivity index (χ0v) is 14.8. The molecule has 0 aliphatic heterocycles. The van der Waals surface area contributed by atoms with E-state index < -0.39 is 0 Å². The van der Waals surface area contributed by atoms with Gasteiger partial charge in [-0.3, -0.25) is 4.79 Å². The Morgan fingerprint density at radius 2 is 1.85 bits per heavy atom. The predicted molar refractivity (Wildman–Crippen MR) is 100 cm³/mol. The van der Waals surface area contributed by atoms with Crippen LogP contribution in [0, 0.1) is 0 Å². The molecule has 1 heterocycles. The van der Waals surface area contributed by atoms with Crippen LogP contribution >= 0.6 is 0 Å². The van der Waals surface area contributed by atoms with Gasteiger partial charge < -0.3 is 4.74 Å².